The lowest BCUT2D eigenvalue weighted by Crippen LogP contribution is -1.82. The summed E-state index contributed by atoms with van der Waals surface area (Å²) in [5, 5.41) is 0. The summed E-state index contributed by atoms with van der Waals surface area (Å²) < 4.78 is 2.67. The Bertz CT molecular complexity index is 214. The number of rotatable bonds is 20. The first-order valence-corrected chi connectivity index (χ1v) is 13.7. The number of unbranched alkanes of at least 4 members (excludes halogenated alkanes) is 16. The van der Waals surface area contributed by atoms with Crippen molar-refractivity contribution in [1.29, 1.82) is 0 Å². The summed E-state index contributed by atoms with van der Waals surface area (Å²) >= 11 is 4.97. The van der Waals surface area contributed by atoms with Gasteiger partial charge >= 0.3 is 0 Å². The molecule has 2 heteroatoms. The Kier molecular flexibility index (Phi) is 25.4. The van der Waals surface area contributed by atoms with Gasteiger partial charge in [-0.25, -0.2) is 0 Å². The number of alkyl halides is 2. The number of hydrogen-bond acceptors (Lipinski definition) is 0. The Balaban J connectivity index is 3.04. The maximum atomic E-state index is 2.49. The third kappa shape index (κ3) is 23.2. The van der Waals surface area contributed by atoms with E-state index in [1.165, 1.54) is 124 Å². The lowest BCUT2D eigenvalue weighted by molar-refractivity contribution is 0.577. The van der Waals surface area contributed by atoms with Crippen molar-refractivity contribution in [3.05, 3.63) is 12.2 Å². The zero-order valence-corrected chi connectivity index (χ0v) is 20.4. The highest BCUT2D eigenvalue weighted by atomic mass is 127. The molecule has 0 aromatic rings. The normalized spacial score (nSPS) is 11.6. The van der Waals surface area contributed by atoms with Gasteiger partial charge in [0.2, 0.25) is 0 Å². The van der Waals surface area contributed by atoms with Gasteiger partial charge in [-0.05, 0) is 47.4 Å². The van der Waals surface area contributed by atoms with E-state index in [9.17, 15) is 0 Å². The van der Waals surface area contributed by atoms with Crippen LogP contribution in [0.5, 0.6) is 0 Å². The van der Waals surface area contributed by atoms with Crippen molar-refractivity contribution in [2.75, 3.05) is 8.86 Å². The average molecular weight is 560 g/mol. The third-order valence-electron chi connectivity index (χ3n) is 4.68. The number of hydrogen-bond donors (Lipinski definition) is 0. The molecule has 0 N–H and O–H groups in total. The molecule has 0 radical (unpaired) electrons. The molecule has 0 aliphatic carbocycles. The fourth-order valence-corrected chi connectivity index (χ4v) is 4.15. The second kappa shape index (κ2) is 24.2. The molecule has 0 unspecified atom stereocenters. The molecular weight excluding hydrogens is 518 g/mol. The molecule has 0 saturated carbocycles. The Labute approximate surface area is 180 Å². The van der Waals surface area contributed by atoms with E-state index in [1.807, 2.05) is 0 Å². The topological polar surface area (TPSA) is 0 Å². The number of halogens is 2. The van der Waals surface area contributed by atoms with Gasteiger partial charge in [0.25, 0.3) is 0 Å². The zero-order valence-electron chi connectivity index (χ0n) is 16.1. The highest BCUT2D eigenvalue weighted by Crippen LogP contribution is 2.12. The summed E-state index contributed by atoms with van der Waals surface area (Å²) in [6, 6.07) is 0. The molecule has 0 aromatic carbocycles. The predicted molar refractivity (Wildman–Crippen MR) is 130 cm³/mol. The standard InChI is InChI=1S/C22H42I2/c23-21-19-17-15-13-11-9-7-5-3-1-2-4-6-8-10-12-14-16-18-20-22-24/h1-2H,3-22H2. The lowest BCUT2D eigenvalue weighted by atomic mass is 10.1. The van der Waals surface area contributed by atoms with E-state index in [4.69, 9.17) is 0 Å². The minimum Gasteiger partial charge on any atom is -0.0885 e. The molecule has 0 amide bonds. The SMILES string of the molecule is ICCCCCCCCCCC=CCCCCCCCCCCI. The van der Waals surface area contributed by atoms with Crippen molar-refractivity contribution in [3.63, 3.8) is 0 Å². The summed E-state index contributed by atoms with van der Waals surface area (Å²) in [7, 11) is 0. The first-order valence-electron chi connectivity index (χ1n) is 10.7. The molecule has 0 spiro atoms. The Hall–Kier alpha value is 1.20. The van der Waals surface area contributed by atoms with Crippen LogP contribution in [-0.4, -0.2) is 8.86 Å². The van der Waals surface area contributed by atoms with Gasteiger partial charge in [-0.15, -0.1) is 0 Å². The molecular formula is C22H42I2. The predicted octanol–water partition coefficient (Wildman–Crippen LogP) is 9.43. The van der Waals surface area contributed by atoms with Gasteiger partial charge in [0.15, 0.2) is 0 Å². The highest BCUT2D eigenvalue weighted by Gasteiger charge is 1.92. The maximum Gasteiger partial charge on any atom is -0.000473 e. The van der Waals surface area contributed by atoms with E-state index < -0.39 is 0 Å². The largest absolute Gasteiger partial charge is 0.0885 e. The van der Waals surface area contributed by atoms with Gasteiger partial charge < -0.3 is 0 Å². The fraction of sp³-hybridized carbons (Fsp3) is 0.909. The molecule has 0 aliphatic rings. The molecule has 0 aromatic heterocycles. The van der Waals surface area contributed by atoms with E-state index in [1.54, 1.807) is 0 Å². The van der Waals surface area contributed by atoms with Crippen molar-refractivity contribution < 1.29 is 0 Å². The Morgan fingerprint density at radius 1 is 0.333 bits per heavy atom. The second-order valence-electron chi connectivity index (χ2n) is 7.08. The summed E-state index contributed by atoms with van der Waals surface area (Å²) in [5.74, 6) is 0. The Morgan fingerprint density at radius 3 is 0.875 bits per heavy atom. The molecule has 0 heterocycles. The molecule has 0 rings (SSSR count). The summed E-state index contributed by atoms with van der Waals surface area (Å²) in [5.41, 5.74) is 0. The first kappa shape index (κ1) is 25.2. The molecule has 144 valence electrons. The molecule has 0 fully saturated rings. The van der Waals surface area contributed by atoms with E-state index in [2.05, 4.69) is 57.3 Å². The third-order valence-corrected chi connectivity index (χ3v) is 6.20. The zero-order chi connectivity index (χ0) is 17.6. The highest BCUT2D eigenvalue weighted by molar-refractivity contribution is 14.1. The maximum absolute atomic E-state index is 2.49. The molecule has 24 heavy (non-hydrogen) atoms. The van der Waals surface area contributed by atoms with E-state index in [0.29, 0.717) is 0 Å². The lowest BCUT2D eigenvalue weighted by Gasteiger charge is -2.01. The van der Waals surface area contributed by atoms with Crippen LogP contribution in [0.15, 0.2) is 12.2 Å². The second-order valence-corrected chi connectivity index (χ2v) is 9.24. The van der Waals surface area contributed by atoms with Crippen LogP contribution in [-0.2, 0) is 0 Å². The minimum absolute atomic E-state index is 1.31. The van der Waals surface area contributed by atoms with Crippen LogP contribution in [0.1, 0.15) is 116 Å². The van der Waals surface area contributed by atoms with Gasteiger partial charge in [0.1, 0.15) is 0 Å². The molecule has 0 aliphatic heterocycles. The van der Waals surface area contributed by atoms with Gasteiger partial charge in [-0.1, -0.05) is 134 Å². The van der Waals surface area contributed by atoms with Crippen molar-refractivity contribution in [1.82, 2.24) is 0 Å². The fourth-order valence-electron chi connectivity index (χ4n) is 3.07. The van der Waals surface area contributed by atoms with Crippen LogP contribution in [0.2, 0.25) is 0 Å². The van der Waals surface area contributed by atoms with Gasteiger partial charge in [0.05, 0.1) is 0 Å². The first-order chi connectivity index (χ1) is 11.9. The minimum atomic E-state index is 1.31. The smallest absolute Gasteiger partial charge is 0.000473 e. The monoisotopic (exact) mass is 560 g/mol. The molecule has 0 nitrogen and oxygen atoms in total. The van der Waals surface area contributed by atoms with Crippen molar-refractivity contribution in [2.24, 2.45) is 0 Å². The molecule has 0 bridgehead atoms. The van der Waals surface area contributed by atoms with E-state index in [0.717, 1.165) is 0 Å². The van der Waals surface area contributed by atoms with Gasteiger partial charge in [0, 0.05) is 0 Å². The van der Waals surface area contributed by atoms with Crippen molar-refractivity contribution in [2.45, 2.75) is 116 Å². The van der Waals surface area contributed by atoms with Crippen molar-refractivity contribution in [3.8, 4) is 0 Å². The van der Waals surface area contributed by atoms with Crippen LogP contribution in [0, 0.1) is 0 Å². The van der Waals surface area contributed by atoms with E-state index in [-0.39, 0.29) is 0 Å². The average Bonchev–Trinajstić information content (AvgIpc) is 2.60. The quantitative estimate of drug-likeness (QED) is 0.0603. The van der Waals surface area contributed by atoms with Gasteiger partial charge in [-0.2, -0.15) is 0 Å². The molecule has 0 saturated heterocycles. The summed E-state index contributed by atoms with van der Waals surface area (Å²) in [4.78, 5) is 0. The number of allylic oxidation sites excluding steroid dienone is 2. The summed E-state index contributed by atoms with van der Waals surface area (Å²) in [6.45, 7) is 0. The van der Waals surface area contributed by atoms with Crippen LogP contribution in [0.4, 0.5) is 0 Å². The van der Waals surface area contributed by atoms with Crippen LogP contribution in [0.3, 0.4) is 0 Å². The van der Waals surface area contributed by atoms with Gasteiger partial charge in [-0.3, -0.25) is 0 Å². The van der Waals surface area contributed by atoms with E-state index >= 15 is 0 Å². The van der Waals surface area contributed by atoms with Crippen LogP contribution >= 0.6 is 45.2 Å². The van der Waals surface area contributed by atoms with Crippen molar-refractivity contribution >= 4 is 45.2 Å². The van der Waals surface area contributed by atoms with Crippen LogP contribution < -0.4 is 0 Å². The Morgan fingerprint density at radius 2 is 0.583 bits per heavy atom. The van der Waals surface area contributed by atoms with Crippen LogP contribution in [0.25, 0.3) is 0 Å². The molecule has 0 atom stereocenters. The summed E-state index contributed by atoms with van der Waals surface area (Å²) in [6.07, 6.45) is 30.6.